The second-order valence-electron chi connectivity index (χ2n) is 2.14. The maximum Gasteiger partial charge on any atom is 0.250 e. The number of carbonyl (C=O) groups excluding carboxylic acids is 1. The number of nitrogen functional groups attached to an aromatic ring is 1. The van der Waals surface area contributed by atoms with Gasteiger partial charge in [0.15, 0.2) is 5.13 Å². The highest BCUT2D eigenvalue weighted by atomic mass is 32.1. The summed E-state index contributed by atoms with van der Waals surface area (Å²) < 4.78 is 0. The highest BCUT2D eigenvalue weighted by Crippen LogP contribution is 2.18. The molecule has 0 fully saturated rings. The second-order valence-corrected chi connectivity index (χ2v) is 3.03. The molecule has 0 atom stereocenters. The summed E-state index contributed by atoms with van der Waals surface area (Å²) in [4.78, 5) is 14.7. The Morgan fingerprint density at radius 2 is 2.42 bits per heavy atom. The summed E-state index contributed by atoms with van der Waals surface area (Å²) in [5, 5.41) is 2.14. The number of amides is 1. The van der Waals surface area contributed by atoms with Gasteiger partial charge in [0.25, 0.3) is 5.91 Å². The van der Waals surface area contributed by atoms with Crippen LogP contribution < -0.4 is 11.5 Å². The van der Waals surface area contributed by atoms with Crippen LogP contribution in [-0.2, 0) is 4.79 Å². The summed E-state index contributed by atoms with van der Waals surface area (Å²) in [6.07, 6.45) is 1.62. The average molecular weight is 183 g/mol. The average Bonchev–Trinajstić information content (AvgIpc) is 2.37. The molecule has 5 heteroatoms. The number of aromatic nitrogens is 1. The lowest BCUT2D eigenvalue weighted by atomic mass is 10.2. The fourth-order valence-corrected chi connectivity index (χ4v) is 1.39. The van der Waals surface area contributed by atoms with Crippen LogP contribution in [0.5, 0.6) is 0 Å². The lowest BCUT2D eigenvalue weighted by molar-refractivity contribution is -0.112. The summed E-state index contributed by atoms with van der Waals surface area (Å²) in [6.45, 7) is 1.73. The van der Waals surface area contributed by atoms with Crippen LogP contribution in [-0.4, -0.2) is 10.9 Å². The van der Waals surface area contributed by atoms with E-state index in [9.17, 15) is 4.79 Å². The van der Waals surface area contributed by atoms with E-state index in [0.29, 0.717) is 16.4 Å². The van der Waals surface area contributed by atoms with Gasteiger partial charge in [0.2, 0.25) is 0 Å². The Labute approximate surface area is 73.9 Å². The zero-order valence-electron chi connectivity index (χ0n) is 6.57. The fourth-order valence-electron chi connectivity index (χ4n) is 0.828. The number of nitrogens with two attached hydrogens (primary N) is 2. The minimum atomic E-state index is -0.484. The van der Waals surface area contributed by atoms with Crippen molar-refractivity contribution in [1.82, 2.24) is 4.98 Å². The van der Waals surface area contributed by atoms with E-state index in [1.807, 2.05) is 0 Å². The largest absolute Gasteiger partial charge is 0.375 e. The molecule has 0 radical (unpaired) electrons. The van der Waals surface area contributed by atoms with Crippen LogP contribution in [0.1, 0.15) is 12.6 Å². The third kappa shape index (κ3) is 1.62. The van der Waals surface area contributed by atoms with Crippen molar-refractivity contribution < 1.29 is 4.79 Å². The molecule has 0 spiro atoms. The first-order valence-corrected chi connectivity index (χ1v) is 4.20. The van der Waals surface area contributed by atoms with Crippen molar-refractivity contribution in [3.63, 3.8) is 0 Å². The van der Waals surface area contributed by atoms with Gasteiger partial charge in [-0.2, -0.15) is 0 Å². The molecule has 0 saturated heterocycles. The van der Waals surface area contributed by atoms with Gasteiger partial charge in [-0.1, -0.05) is 6.08 Å². The molecular formula is C7H9N3OS. The number of anilines is 1. The number of hydrogen-bond acceptors (Lipinski definition) is 4. The monoisotopic (exact) mass is 183 g/mol. The van der Waals surface area contributed by atoms with Gasteiger partial charge >= 0.3 is 0 Å². The van der Waals surface area contributed by atoms with Crippen molar-refractivity contribution in [1.29, 1.82) is 0 Å². The van der Waals surface area contributed by atoms with Gasteiger partial charge in [-0.05, 0) is 6.92 Å². The maximum absolute atomic E-state index is 10.8. The zero-order valence-corrected chi connectivity index (χ0v) is 7.39. The van der Waals surface area contributed by atoms with Gasteiger partial charge in [0, 0.05) is 5.38 Å². The Kier molecular flexibility index (Phi) is 2.44. The van der Waals surface area contributed by atoms with Crippen LogP contribution in [0.15, 0.2) is 11.5 Å². The number of hydrogen-bond donors (Lipinski definition) is 2. The van der Waals surface area contributed by atoms with Crippen molar-refractivity contribution in [2.75, 3.05) is 5.73 Å². The normalized spacial score (nSPS) is 11.6. The molecule has 4 N–H and O–H groups in total. The fraction of sp³-hybridized carbons (Fsp3) is 0.143. The van der Waals surface area contributed by atoms with Gasteiger partial charge in [-0.15, -0.1) is 11.3 Å². The van der Waals surface area contributed by atoms with Gasteiger partial charge in [0.1, 0.15) is 0 Å². The SMILES string of the molecule is CC=C(C(N)=O)c1csc(N)n1. The first kappa shape index (κ1) is 8.73. The smallest absolute Gasteiger partial charge is 0.250 e. The molecule has 0 aliphatic heterocycles. The number of rotatable bonds is 2. The number of carbonyl (C=O) groups is 1. The molecule has 0 aliphatic carbocycles. The Morgan fingerprint density at radius 3 is 2.75 bits per heavy atom. The van der Waals surface area contributed by atoms with Crippen LogP contribution in [0.2, 0.25) is 0 Å². The van der Waals surface area contributed by atoms with Crippen molar-refractivity contribution in [2.24, 2.45) is 5.73 Å². The Bertz CT molecular complexity index is 329. The van der Waals surface area contributed by atoms with Crippen LogP contribution >= 0.6 is 11.3 Å². The Morgan fingerprint density at radius 1 is 1.75 bits per heavy atom. The maximum atomic E-state index is 10.8. The third-order valence-corrected chi connectivity index (χ3v) is 2.03. The van der Waals surface area contributed by atoms with E-state index in [2.05, 4.69) is 4.98 Å². The minimum Gasteiger partial charge on any atom is -0.375 e. The first-order chi connectivity index (χ1) is 5.65. The van der Waals surface area contributed by atoms with Crippen LogP contribution in [0.4, 0.5) is 5.13 Å². The second kappa shape index (κ2) is 3.36. The topological polar surface area (TPSA) is 82.0 Å². The molecule has 1 aromatic heterocycles. The first-order valence-electron chi connectivity index (χ1n) is 3.32. The number of thiazole rings is 1. The van der Waals surface area contributed by atoms with Gasteiger partial charge < -0.3 is 11.5 Å². The van der Waals surface area contributed by atoms with E-state index in [0.717, 1.165) is 0 Å². The predicted molar refractivity (Wildman–Crippen MR) is 49.4 cm³/mol. The summed E-state index contributed by atoms with van der Waals surface area (Å²) in [5.74, 6) is -0.484. The van der Waals surface area contributed by atoms with E-state index < -0.39 is 5.91 Å². The minimum absolute atomic E-state index is 0.406. The molecule has 0 unspecified atom stereocenters. The lowest BCUT2D eigenvalue weighted by Gasteiger charge is -1.95. The molecule has 0 aliphatic rings. The molecule has 0 aromatic carbocycles. The standard InChI is InChI=1S/C7H9N3OS/c1-2-4(6(8)11)5-3-12-7(9)10-5/h2-3H,1H3,(H2,8,11)(H2,9,10). The number of allylic oxidation sites excluding steroid dienone is 1. The van der Waals surface area contributed by atoms with E-state index in [1.54, 1.807) is 18.4 Å². The van der Waals surface area contributed by atoms with Crippen molar-refractivity contribution in [2.45, 2.75) is 6.92 Å². The molecule has 1 rings (SSSR count). The summed E-state index contributed by atoms with van der Waals surface area (Å²) in [7, 11) is 0. The van der Waals surface area contributed by atoms with E-state index in [4.69, 9.17) is 11.5 Å². The third-order valence-electron chi connectivity index (χ3n) is 1.35. The number of primary amides is 1. The van der Waals surface area contributed by atoms with E-state index in [-0.39, 0.29) is 0 Å². The highest BCUT2D eigenvalue weighted by Gasteiger charge is 2.09. The summed E-state index contributed by atoms with van der Waals surface area (Å²) in [5.41, 5.74) is 11.5. The molecule has 4 nitrogen and oxygen atoms in total. The van der Waals surface area contributed by atoms with Gasteiger partial charge in [-0.3, -0.25) is 4.79 Å². The van der Waals surface area contributed by atoms with E-state index >= 15 is 0 Å². The molecular weight excluding hydrogens is 174 g/mol. The number of nitrogens with zero attached hydrogens (tertiary/aromatic N) is 1. The summed E-state index contributed by atoms with van der Waals surface area (Å²) in [6, 6.07) is 0. The highest BCUT2D eigenvalue weighted by molar-refractivity contribution is 7.13. The zero-order chi connectivity index (χ0) is 9.14. The van der Waals surface area contributed by atoms with E-state index in [1.165, 1.54) is 11.3 Å². The molecule has 0 saturated carbocycles. The predicted octanol–water partition coefficient (Wildman–Crippen LogP) is 0.614. The van der Waals surface area contributed by atoms with Gasteiger partial charge in [0.05, 0.1) is 11.3 Å². The Balaban J connectivity index is 3.04. The molecule has 64 valence electrons. The molecule has 1 amide bonds. The van der Waals surface area contributed by atoms with Crippen LogP contribution in [0.3, 0.4) is 0 Å². The molecule has 1 heterocycles. The van der Waals surface area contributed by atoms with Crippen molar-refractivity contribution in [3.05, 3.63) is 17.2 Å². The van der Waals surface area contributed by atoms with Gasteiger partial charge in [-0.25, -0.2) is 4.98 Å². The Hall–Kier alpha value is -1.36. The lowest BCUT2D eigenvalue weighted by Crippen LogP contribution is -2.12. The van der Waals surface area contributed by atoms with Crippen molar-refractivity contribution in [3.8, 4) is 0 Å². The van der Waals surface area contributed by atoms with Crippen molar-refractivity contribution >= 4 is 27.9 Å². The van der Waals surface area contributed by atoms with Crippen LogP contribution in [0.25, 0.3) is 5.57 Å². The molecule has 0 bridgehead atoms. The summed E-state index contributed by atoms with van der Waals surface area (Å²) >= 11 is 1.28. The molecule has 12 heavy (non-hydrogen) atoms. The van der Waals surface area contributed by atoms with Crippen LogP contribution in [0, 0.1) is 0 Å². The quantitative estimate of drug-likeness (QED) is 0.659. The molecule has 1 aromatic rings.